The molecule has 5 heteroatoms. The molecule has 1 saturated carbocycles. The first-order valence-electron chi connectivity index (χ1n) is 6.06. The predicted molar refractivity (Wildman–Crippen MR) is 78.7 cm³/mol. The summed E-state index contributed by atoms with van der Waals surface area (Å²) >= 11 is 9.62. The van der Waals surface area contributed by atoms with Gasteiger partial charge in [-0.2, -0.15) is 0 Å². The molecule has 1 aromatic carbocycles. The maximum absolute atomic E-state index is 6.10. The average Bonchev–Trinajstić information content (AvgIpc) is 3.23. The molecule has 0 unspecified atom stereocenters. The van der Waals surface area contributed by atoms with Gasteiger partial charge in [-0.1, -0.05) is 27.5 Å². The minimum absolute atomic E-state index is 0.488. The molecule has 98 valence electrons. The maximum Gasteiger partial charge on any atom is 0.162 e. The van der Waals surface area contributed by atoms with Crippen molar-refractivity contribution in [2.75, 3.05) is 7.11 Å². The van der Waals surface area contributed by atoms with Gasteiger partial charge in [0.05, 0.1) is 7.11 Å². The highest BCUT2D eigenvalue weighted by molar-refractivity contribution is 9.10. The van der Waals surface area contributed by atoms with E-state index in [-0.39, 0.29) is 0 Å². The second-order valence-corrected chi connectivity index (χ2v) is 5.80. The minimum atomic E-state index is 0.488. The highest BCUT2D eigenvalue weighted by Crippen LogP contribution is 2.40. The minimum Gasteiger partial charge on any atom is -0.497 e. The van der Waals surface area contributed by atoms with Crippen LogP contribution in [0.2, 0.25) is 5.15 Å². The van der Waals surface area contributed by atoms with Crippen molar-refractivity contribution in [3.8, 4) is 17.1 Å². The lowest BCUT2D eigenvalue weighted by Crippen LogP contribution is -1.96. The Kier molecular flexibility index (Phi) is 3.46. The Bertz CT molecular complexity index is 629. The van der Waals surface area contributed by atoms with Crippen LogP contribution in [0, 0.1) is 0 Å². The van der Waals surface area contributed by atoms with Gasteiger partial charge in [0.25, 0.3) is 0 Å². The first-order valence-corrected chi connectivity index (χ1v) is 7.23. The molecule has 0 radical (unpaired) electrons. The van der Waals surface area contributed by atoms with Crippen molar-refractivity contribution in [2.45, 2.75) is 18.8 Å². The summed E-state index contributed by atoms with van der Waals surface area (Å²) in [6.07, 6.45) is 2.37. The SMILES string of the molecule is COc1ccc(Br)c(-c2nc(Cl)cc(C3CC3)n2)c1. The third kappa shape index (κ3) is 2.74. The number of rotatable bonds is 3. The van der Waals surface area contributed by atoms with Crippen molar-refractivity contribution in [3.63, 3.8) is 0 Å². The van der Waals surface area contributed by atoms with E-state index < -0.39 is 0 Å². The van der Waals surface area contributed by atoms with Gasteiger partial charge >= 0.3 is 0 Å². The first kappa shape index (κ1) is 12.9. The fourth-order valence-electron chi connectivity index (χ4n) is 1.95. The van der Waals surface area contributed by atoms with E-state index in [9.17, 15) is 0 Å². The third-order valence-corrected chi connectivity index (χ3v) is 4.01. The fraction of sp³-hybridized carbons (Fsp3) is 0.286. The number of aromatic nitrogens is 2. The van der Waals surface area contributed by atoms with Crippen LogP contribution in [-0.4, -0.2) is 17.1 Å². The lowest BCUT2D eigenvalue weighted by molar-refractivity contribution is 0.415. The van der Waals surface area contributed by atoms with Crippen LogP contribution in [0.25, 0.3) is 11.4 Å². The van der Waals surface area contributed by atoms with E-state index in [4.69, 9.17) is 16.3 Å². The largest absolute Gasteiger partial charge is 0.497 e. The van der Waals surface area contributed by atoms with Gasteiger partial charge < -0.3 is 4.74 Å². The lowest BCUT2D eigenvalue weighted by atomic mass is 10.2. The van der Waals surface area contributed by atoms with Gasteiger partial charge in [-0.25, -0.2) is 9.97 Å². The van der Waals surface area contributed by atoms with Crippen molar-refractivity contribution < 1.29 is 4.74 Å². The van der Waals surface area contributed by atoms with Crippen molar-refractivity contribution in [1.82, 2.24) is 9.97 Å². The summed E-state index contributed by atoms with van der Waals surface area (Å²) < 4.78 is 6.17. The van der Waals surface area contributed by atoms with Gasteiger partial charge in [0.2, 0.25) is 0 Å². The van der Waals surface area contributed by atoms with Gasteiger partial charge in [0.15, 0.2) is 5.82 Å². The quantitative estimate of drug-likeness (QED) is 0.775. The Morgan fingerprint density at radius 2 is 2.05 bits per heavy atom. The number of nitrogens with zero attached hydrogens (tertiary/aromatic N) is 2. The van der Waals surface area contributed by atoms with E-state index in [1.165, 1.54) is 12.8 Å². The molecule has 2 aromatic rings. The monoisotopic (exact) mass is 338 g/mol. The van der Waals surface area contributed by atoms with E-state index in [1.807, 2.05) is 24.3 Å². The topological polar surface area (TPSA) is 35.0 Å². The Labute approximate surface area is 125 Å². The Morgan fingerprint density at radius 3 is 2.74 bits per heavy atom. The van der Waals surface area contributed by atoms with E-state index in [0.717, 1.165) is 21.5 Å². The molecule has 1 heterocycles. The molecule has 0 aliphatic heterocycles. The highest BCUT2D eigenvalue weighted by Gasteiger charge is 2.26. The van der Waals surface area contributed by atoms with Gasteiger partial charge in [-0.05, 0) is 37.1 Å². The molecule has 0 saturated heterocycles. The van der Waals surface area contributed by atoms with E-state index in [2.05, 4.69) is 25.9 Å². The lowest BCUT2D eigenvalue weighted by Gasteiger charge is -2.08. The van der Waals surface area contributed by atoms with Crippen LogP contribution in [0.5, 0.6) is 5.75 Å². The molecule has 1 aliphatic rings. The van der Waals surface area contributed by atoms with Crippen LogP contribution < -0.4 is 4.74 Å². The highest BCUT2D eigenvalue weighted by atomic mass is 79.9. The standard InChI is InChI=1S/C14H12BrClN2O/c1-19-9-4-5-11(15)10(6-9)14-17-12(8-2-3-8)7-13(16)18-14/h4-8H,2-3H2,1H3. The Balaban J connectivity index is 2.10. The first-order chi connectivity index (χ1) is 9.17. The summed E-state index contributed by atoms with van der Waals surface area (Å²) in [4.78, 5) is 8.94. The Morgan fingerprint density at radius 1 is 1.26 bits per heavy atom. The molecule has 0 bridgehead atoms. The molecule has 0 atom stereocenters. The molecule has 1 aliphatic carbocycles. The van der Waals surface area contributed by atoms with Gasteiger partial charge in [-0.15, -0.1) is 0 Å². The molecule has 1 fully saturated rings. The fourth-order valence-corrected chi connectivity index (χ4v) is 2.56. The molecule has 1 aromatic heterocycles. The van der Waals surface area contributed by atoms with Crippen LogP contribution in [0.3, 0.4) is 0 Å². The molecule has 0 spiro atoms. The zero-order chi connectivity index (χ0) is 13.4. The number of halogens is 2. The van der Waals surface area contributed by atoms with E-state index >= 15 is 0 Å². The number of benzene rings is 1. The smallest absolute Gasteiger partial charge is 0.162 e. The second kappa shape index (κ2) is 5.10. The molecular weight excluding hydrogens is 328 g/mol. The van der Waals surface area contributed by atoms with Crippen LogP contribution in [0.15, 0.2) is 28.7 Å². The van der Waals surface area contributed by atoms with Crippen molar-refractivity contribution in [1.29, 1.82) is 0 Å². The van der Waals surface area contributed by atoms with Crippen LogP contribution >= 0.6 is 27.5 Å². The Hall–Kier alpha value is -1.13. The summed E-state index contributed by atoms with van der Waals surface area (Å²) in [5.41, 5.74) is 1.92. The number of hydrogen-bond donors (Lipinski definition) is 0. The molecule has 0 N–H and O–H groups in total. The summed E-state index contributed by atoms with van der Waals surface area (Å²) in [7, 11) is 1.64. The molecule has 0 amide bonds. The number of methoxy groups -OCH3 is 1. The molecular formula is C14H12BrClN2O. The summed E-state index contributed by atoms with van der Waals surface area (Å²) in [5.74, 6) is 1.96. The number of hydrogen-bond acceptors (Lipinski definition) is 3. The zero-order valence-corrected chi connectivity index (χ0v) is 12.7. The number of ether oxygens (including phenoxy) is 1. The predicted octanol–water partition coefficient (Wildman–Crippen LogP) is 4.45. The van der Waals surface area contributed by atoms with Crippen LogP contribution in [0.1, 0.15) is 24.5 Å². The molecule has 19 heavy (non-hydrogen) atoms. The van der Waals surface area contributed by atoms with Gasteiger partial charge in [-0.3, -0.25) is 0 Å². The van der Waals surface area contributed by atoms with Gasteiger partial charge in [0.1, 0.15) is 10.9 Å². The summed E-state index contributed by atoms with van der Waals surface area (Å²) in [6, 6.07) is 7.58. The normalized spacial score (nSPS) is 14.5. The van der Waals surface area contributed by atoms with E-state index in [0.29, 0.717) is 16.9 Å². The summed E-state index contributed by atoms with van der Waals surface area (Å²) in [5, 5.41) is 0.488. The van der Waals surface area contributed by atoms with Crippen molar-refractivity contribution in [2.24, 2.45) is 0 Å². The van der Waals surface area contributed by atoms with Crippen molar-refractivity contribution >= 4 is 27.5 Å². The van der Waals surface area contributed by atoms with Crippen LogP contribution in [0.4, 0.5) is 0 Å². The molecule has 3 rings (SSSR count). The maximum atomic E-state index is 6.10. The third-order valence-electron chi connectivity index (χ3n) is 3.12. The van der Waals surface area contributed by atoms with Crippen LogP contribution in [-0.2, 0) is 0 Å². The second-order valence-electron chi connectivity index (χ2n) is 4.56. The summed E-state index contributed by atoms with van der Waals surface area (Å²) in [6.45, 7) is 0. The van der Waals surface area contributed by atoms with Gasteiger partial charge in [0, 0.05) is 21.6 Å². The zero-order valence-electron chi connectivity index (χ0n) is 10.4. The van der Waals surface area contributed by atoms with Crippen molar-refractivity contribution in [3.05, 3.63) is 39.6 Å². The van der Waals surface area contributed by atoms with E-state index in [1.54, 1.807) is 7.11 Å². The molecule has 3 nitrogen and oxygen atoms in total. The average molecular weight is 340 g/mol.